The van der Waals surface area contributed by atoms with E-state index in [1.165, 1.54) is 12.3 Å². The number of aromatic nitrogens is 1. The van der Waals surface area contributed by atoms with Crippen LogP contribution in [-0.2, 0) is 14.8 Å². The average molecular weight is 346 g/mol. The maximum Gasteiger partial charge on any atom is 0.305 e. The van der Waals surface area contributed by atoms with Gasteiger partial charge < -0.3 is 5.11 Å². The van der Waals surface area contributed by atoms with E-state index in [0.717, 1.165) is 18.4 Å². The highest BCUT2D eigenvalue weighted by atomic mass is 32.2. The molecule has 0 radical (unpaired) electrons. The molecule has 0 aliphatic heterocycles. The number of nitrogens with one attached hydrogen (secondary N) is 1. The van der Waals surface area contributed by atoms with Gasteiger partial charge in [-0.05, 0) is 48.6 Å². The predicted molar refractivity (Wildman–Crippen MR) is 88.0 cm³/mol. The van der Waals surface area contributed by atoms with Crippen LogP contribution in [0.1, 0.15) is 42.5 Å². The standard InChI is InChI=1S/C17H18N2O4S/c20-17(21)11-16(15-6-1-2-9-18-15)19-24(22,23)14-5-3-4-13(10-14)12-7-8-12/h1-6,9-10,12,16,19H,7-8,11H2,(H,20,21). The third-order valence-electron chi connectivity index (χ3n) is 3.94. The van der Waals surface area contributed by atoms with Crippen molar-refractivity contribution in [3.05, 3.63) is 59.9 Å². The van der Waals surface area contributed by atoms with Gasteiger partial charge in [-0.2, -0.15) is 0 Å². The van der Waals surface area contributed by atoms with E-state index in [0.29, 0.717) is 11.6 Å². The monoisotopic (exact) mass is 346 g/mol. The van der Waals surface area contributed by atoms with Crippen molar-refractivity contribution >= 4 is 16.0 Å². The van der Waals surface area contributed by atoms with Crippen LogP contribution in [0.25, 0.3) is 0 Å². The second-order valence-corrected chi connectivity index (χ2v) is 7.59. The largest absolute Gasteiger partial charge is 0.481 e. The van der Waals surface area contributed by atoms with Crippen LogP contribution in [0.3, 0.4) is 0 Å². The fraction of sp³-hybridized carbons (Fsp3) is 0.294. The van der Waals surface area contributed by atoms with Gasteiger partial charge in [0.2, 0.25) is 10.0 Å². The summed E-state index contributed by atoms with van der Waals surface area (Å²) in [4.78, 5) is 15.3. The van der Waals surface area contributed by atoms with Gasteiger partial charge in [0, 0.05) is 6.20 Å². The summed E-state index contributed by atoms with van der Waals surface area (Å²) in [6, 6.07) is 10.9. The molecule has 6 nitrogen and oxygen atoms in total. The lowest BCUT2D eigenvalue weighted by Gasteiger charge is -2.17. The van der Waals surface area contributed by atoms with Gasteiger partial charge in [-0.15, -0.1) is 0 Å². The van der Waals surface area contributed by atoms with Crippen molar-refractivity contribution in [2.24, 2.45) is 0 Å². The maximum absolute atomic E-state index is 12.7. The minimum atomic E-state index is -3.83. The van der Waals surface area contributed by atoms with Crippen molar-refractivity contribution in [2.45, 2.75) is 36.1 Å². The second kappa shape index (κ2) is 6.70. The number of carboxylic acids is 1. The normalized spacial score (nSPS) is 15.8. The van der Waals surface area contributed by atoms with Crippen molar-refractivity contribution in [2.75, 3.05) is 0 Å². The highest BCUT2D eigenvalue weighted by Gasteiger charge is 2.27. The Hall–Kier alpha value is -2.25. The van der Waals surface area contributed by atoms with E-state index < -0.39 is 22.0 Å². The molecule has 24 heavy (non-hydrogen) atoms. The Bertz CT molecular complexity index is 833. The number of carbonyl (C=O) groups is 1. The molecule has 3 rings (SSSR count). The predicted octanol–water partition coefficient (Wildman–Crippen LogP) is 2.45. The van der Waals surface area contributed by atoms with Crippen molar-refractivity contribution in [3.63, 3.8) is 0 Å². The molecule has 0 saturated heterocycles. The van der Waals surface area contributed by atoms with Crippen LogP contribution in [0.15, 0.2) is 53.6 Å². The van der Waals surface area contributed by atoms with Crippen LogP contribution in [-0.4, -0.2) is 24.5 Å². The third-order valence-corrected chi connectivity index (χ3v) is 5.41. The Morgan fingerprint density at radius 3 is 2.67 bits per heavy atom. The zero-order chi connectivity index (χ0) is 17.2. The number of aliphatic carboxylic acids is 1. The second-order valence-electron chi connectivity index (χ2n) is 5.87. The van der Waals surface area contributed by atoms with Crippen LogP contribution in [0.2, 0.25) is 0 Å². The Morgan fingerprint density at radius 2 is 2.04 bits per heavy atom. The summed E-state index contributed by atoms with van der Waals surface area (Å²) in [6.07, 6.45) is 3.28. The zero-order valence-electron chi connectivity index (χ0n) is 12.9. The van der Waals surface area contributed by atoms with Gasteiger partial charge in [-0.25, -0.2) is 13.1 Å². The summed E-state index contributed by atoms with van der Waals surface area (Å²) in [5, 5.41) is 9.08. The smallest absolute Gasteiger partial charge is 0.305 e. The fourth-order valence-corrected chi connectivity index (χ4v) is 3.83. The van der Waals surface area contributed by atoms with Crippen LogP contribution in [0.5, 0.6) is 0 Å². The first-order chi connectivity index (χ1) is 11.5. The molecule has 1 fully saturated rings. The van der Waals surface area contributed by atoms with Crippen LogP contribution in [0.4, 0.5) is 0 Å². The number of carboxylic acid groups (broad SMARTS) is 1. The molecular weight excluding hydrogens is 328 g/mol. The molecule has 0 bridgehead atoms. The number of pyridine rings is 1. The molecule has 7 heteroatoms. The summed E-state index contributed by atoms with van der Waals surface area (Å²) in [5.41, 5.74) is 1.38. The van der Waals surface area contributed by atoms with Gasteiger partial charge in [0.25, 0.3) is 0 Å². The topological polar surface area (TPSA) is 96.4 Å². The molecule has 1 unspecified atom stereocenters. The average Bonchev–Trinajstić information content (AvgIpc) is 3.39. The molecule has 2 aromatic rings. The molecule has 1 aromatic carbocycles. The van der Waals surface area contributed by atoms with Crippen LogP contribution < -0.4 is 4.72 Å². The number of nitrogens with zero attached hydrogens (tertiary/aromatic N) is 1. The van der Waals surface area contributed by atoms with E-state index >= 15 is 0 Å². The Kier molecular flexibility index (Phi) is 4.64. The van der Waals surface area contributed by atoms with E-state index in [-0.39, 0.29) is 11.3 Å². The molecule has 0 spiro atoms. The van der Waals surface area contributed by atoms with Crippen molar-refractivity contribution in [3.8, 4) is 0 Å². The first-order valence-electron chi connectivity index (χ1n) is 7.71. The molecule has 2 N–H and O–H groups in total. The maximum atomic E-state index is 12.7. The van der Waals surface area contributed by atoms with Gasteiger partial charge in [0.1, 0.15) is 0 Å². The molecule has 1 saturated carbocycles. The highest BCUT2D eigenvalue weighted by Crippen LogP contribution is 2.40. The SMILES string of the molecule is O=C(O)CC(NS(=O)(=O)c1cccc(C2CC2)c1)c1ccccn1. The van der Waals surface area contributed by atoms with Crippen molar-refractivity contribution < 1.29 is 18.3 Å². The first-order valence-corrected chi connectivity index (χ1v) is 9.19. The van der Waals surface area contributed by atoms with E-state index in [1.54, 1.807) is 30.3 Å². The minimum Gasteiger partial charge on any atom is -0.481 e. The van der Waals surface area contributed by atoms with Gasteiger partial charge in [-0.1, -0.05) is 18.2 Å². The molecule has 1 aromatic heterocycles. The van der Waals surface area contributed by atoms with Gasteiger partial charge in [-0.3, -0.25) is 9.78 Å². The van der Waals surface area contributed by atoms with E-state index in [2.05, 4.69) is 9.71 Å². The minimum absolute atomic E-state index is 0.151. The molecule has 1 aliphatic rings. The number of rotatable bonds is 7. The molecule has 126 valence electrons. The zero-order valence-corrected chi connectivity index (χ0v) is 13.7. The quantitative estimate of drug-likeness (QED) is 0.803. The number of sulfonamides is 1. The Balaban J connectivity index is 1.87. The highest BCUT2D eigenvalue weighted by molar-refractivity contribution is 7.89. The summed E-state index contributed by atoms with van der Waals surface area (Å²) >= 11 is 0. The van der Waals surface area contributed by atoms with Gasteiger partial charge in [0.05, 0.1) is 23.1 Å². The number of hydrogen-bond acceptors (Lipinski definition) is 4. The lowest BCUT2D eigenvalue weighted by molar-refractivity contribution is -0.137. The molecule has 1 heterocycles. The first kappa shape index (κ1) is 16.6. The molecule has 1 atom stereocenters. The van der Waals surface area contributed by atoms with Crippen molar-refractivity contribution in [1.29, 1.82) is 0 Å². The number of benzene rings is 1. The van der Waals surface area contributed by atoms with E-state index in [1.807, 2.05) is 6.07 Å². The van der Waals surface area contributed by atoms with Gasteiger partial charge in [0.15, 0.2) is 0 Å². The van der Waals surface area contributed by atoms with Crippen LogP contribution in [0, 0.1) is 0 Å². The van der Waals surface area contributed by atoms with Crippen LogP contribution >= 0.6 is 0 Å². The lowest BCUT2D eigenvalue weighted by Crippen LogP contribution is -2.31. The number of hydrogen-bond donors (Lipinski definition) is 2. The summed E-state index contributed by atoms with van der Waals surface area (Å²) in [7, 11) is -3.83. The Morgan fingerprint density at radius 1 is 1.25 bits per heavy atom. The summed E-state index contributed by atoms with van der Waals surface area (Å²) < 4.78 is 27.8. The van der Waals surface area contributed by atoms with E-state index in [9.17, 15) is 13.2 Å². The third kappa shape index (κ3) is 3.98. The van der Waals surface area contributed by atoms with Gasteiger partial charge >= 0.3 is 5.97 Å². The summed E-state index contributed by atoms with van der Waals surface area (Å²) in [5.74, 6) is -0.661. The lowest BCUT2D eigenvalue weighted by atomic mass is 10.1. The Labute approximate surface area is 140 Å². The fourth-order valence-electron chi connectivity index (χ4n) is 2.57. The summed E-state index contributed by atoms with van der Waals surface area (Å²) in [6.45, 7) is 0. The molecular formula is C17H18N2O4S. The van der Waals surface area contributed by atoms with Crippen molar-refractivity contribution in [1.82, 2.24) is 9.71 Å². The van der Waals surface area contributed by atoms with E-state index in [4.69, 9.17) is 5.11 Å². The molecule has 1 aliphatic carbocycles. The molecule has 0 amide bonds.